The maximum atomic E-state index is 12.6. The first-order chi connectivity index (χ1) is 14.8. The van der Waals surface area contributed by atoms with Gasteiger partial charge in [0.2, 0.25) is 0 Å². The Hall–Kier alpha value is -0.510. The summed E-state index contributed by atoms with van der Waals surface area (Å²) in [4.78, 5) is 10.3. The van der Waals surface area contributed by atoms with Crippen LogP contribution in [-0.4, -0.2) is 42.6 Å². The molecule has 0 amide bonds. The molecule has 0 spiro atoms. The third kappa shape index (κ3) is 10.2. The molecular weight excluding hydrogens is 471 g/mol. The second-order valence-electron chi connectivity index (χ2n) is 12.9. The molecule has 0 fully saturated rings. The average Bonchev–Trinajstić information content (AvgIpc) is 2.57. The summed E-state index contributed by atoms with van der Waals surface area (Å²) in [5, 5.41) is 0. The molecule has 0 unspecified atom stereocenters. The Bertz CT molecular complexity index is 899. The number of benzene rings is 2. The van der Waals surface area contributed by atoms with Crippen LogP contribution in [0.25, 0.3) is 0 Å². The summed E-state index contributed by atoms with van der Waals surface area (Å²) in [7, 11) is -4.31. The molecule has 34 heavy (non-hydrogen) atoms. The topological polar surface area (TPSA) is 55.8 Å². The van der Waals surface area contributed by atoms with Crippen molar-refractivity contribution in [1.82, 2.24) is 0 Å². The molecule has 6 heteroatoms. The molecule has 0 aliphatic carbocycles. The summed E-state index contributed by atoms with van der Waals surface area (Å²) in [6.45, 7) is 22.2. The van der Waals surface area contributed by atoms with Gasteiger partial charge in [0.15, 0.2) is 0 Å². The molecule has 2 rings (SSSR count). The van der Waals surface area contributed by atoms with Crippen LogP contribution in [0.2, 0.25) is 0 Å². The van der Waals surface area contributed by atoms with Crippen LogP contribution in [0.4, 0.5) is 0 Å². The summed E-state index contributed by atoms with van der Waals surface area (Å²) in [6.07, 6.45) is 2.04. The van der Waals surface area contributed by atoms with Crippen molar-refractivity contribution in [3.63, 3.8) is 0 Å². The van der Waals surface area contributed by atoms with E-state index in [4.69, 9.17) is 9.05 Å². The van der Waals surface area contributed by atoms with Gasteiger partial charge >= 0.3 is 45.6 Å². The van der Waals surface area contributed by atoms with E-state index < -0.39 is 7.82 Å². The Labute approximate surface area is 240 Å². The summed E-state index contributed by atoms with van der Waals surface area (Å²) in [5.41, 5.74) is 2.69. The van der Waals surface area contributed by atoms with Gasteiger partial charge in [0.1, 0.15) is 11.5 Å². The minimum atomic E-state index is -4.31. The number of hydrogen-bond donors (Lipinski definition) is 1. The van der Waals surface area contributed by atoms with Gasteiger partial charge in [-0.15, -0.1) is 0 Å². The predicted octanol–water partition coefficient (Wildman–Crippen LogP) is 8.52. The van der Waals surface area contributed by atoms with Gasteiger partial charge in [0.05, 0.1) is 0 Å². The molecule has 2 aromatic carbocycles. The summed E-state index contributed by atoms with van der Waals surface area (Å²) in [5.74, 6) is 0.609. The van der Waals surface area contributed by atoms with E-state index in [0.717, 1.165) is 24.0 Å². The van der Waals surface area contributed by atoms with Crippen molar-refractivity contribution in [1.29, 1.82) is 0 Å². The third-order valence-electron chi connectivity index (χ3n) is 5.66. The molecule has 1 N–H and O–H groups in total. The molecule has 0 bridgehead atoms. The standard InChI is InChI=1S/C28H43O4P.Ca.2H/c1-25(2,3)19-27(7,8)21-11-15-23(16-12-21)31-33(29,30)32-24-17-13-22(14-18-24)28(9,10)20-26(4,5)6;;;/h11-18H,19-20H2,1-10H3,(H,29,30);;;/q;+2;2*-1. The normalized spacial score (nSPS) is 13.3. The SMILES string of the molecule is CC(C)(C)CC(C)(C)c1ccc(OP(=O)(O)Oc2ccc(C(C)(C)CC(C)(C)C)cc2)cc1.[Ca+2].[H-].[H-]. The van der Waals surface area contributed by atoms with Crippen molar-refractivity contribution >= 4 is 45.6 Å². The zero-order valence-corrected chi connectivity index (χ0v) is 26.0. The zero-order valence-electron chi connectivity index (χ0n) is 24.9. The van der Waals surface area contributed by atoms with E-state index in [9.17, 15) is 9.46 Å². The zero-order chi connectivity index (χ0) is 25.3. The molecule has 0 aliphatic heterocycles. The minimum absolute atomic E-state index is 0. The summed E-state index contributed by atoms with van der Waals surface area (Å²) in [6, 6.07) is 14.7. The molecule has 0 heterocycles. The Morgan fingerprint density at radius 2 is 0.912 bits per heavy atom. The third-order valence-corrected chi connectivity index (χ3v) is 6.54. The predicted molar refractivity (Wildman–Crippen MR) is 146 cm³/mol. The second-order valence-corrected chi connectivity index (χ2v) is 14.2. The van der Waals surface area contributed by atoms with Crippen molar-refractivity contribution in [2.75, 3.05) is 0 Å². The van der Waals surface area contributed by atoms with Crippen molar-refractivity contribution < 1.29 is 21.4 Å². The first kappa shape index (κ1) is 31.5. The summed E-state index contributed by atoms with van der Waals surface area (Å²) >= 11 is 0. The van der Waals surface area contributed by atoms with Crippen LogP contribution in [-0.2, 0) is 15.4 Å². The van der Waals surface area contributed by atoms with E-state index in [2.05, 4.69) is 69.2 Å². The smallest absolute Gasteiger partial charge is 1.00 e. The minimum Gasteiger partial charge on any atom is -1.00 e. The monoisotopic (exact) mass is 516 g/mol. The maximum absolute atomic E-state index is 12.6. The molecular formula is C28H45CaO4P. The largest absolute Gasteiger partial charge is 2.00 e. The van der Waals surface area contributed by atoms with Gasteiger partial charge in [0.25, 0.3) is 0 Å². The number of rotatable bonds is 8. The van der Waals surface area contributed by atoms with Crippen LogP contribution >= 0.6 is 7.82 Å². The van der Waals surface area contributed by atoms with Gasteiger partial charge in [-0.25, -0.2) is 4.57 Å². The van der Waals surface area contributed by atoms with Gasteiger partial charge in [0, 0.05) is 0 Å². The average molecular weight is 517 g/mol. The summed E-state index contributed by atoms with van der Waals surface area (Å²) < 4.78 is 23.3. The fourth-order valence-electron chi connectivity index (χ4n) is 5.07. The molecule has 188 valence electrons. The van der Waals surface area contributed by atoms with Crippen LogP contribution < -0.4 is 9.05 Å². The van der Waals surface area contributed by atoms with Crippen molar-refractivity contribution in [2.45, 2.75) is 92.9 Å². The number of phosphoric acid groups is 1. The Morgan fingerprint density at radius 1 is 0.647 bits per heavy atom. The molecule has 0 aromatic heterocycles. The van der Waals surface area contributed by atoms with Crippen molar-refractivity contribution in [2.24, 2.45) is 10.8 Å². The quantitative estimate of drug-likeness (QED) is 0.282. The number of hydrogen-bond acceptors (Lipinski definition) is 3. The van der Waals surface area contributed by atoms with Crippen LogP contribution in [0.1, 0.15) is 96.1 Å². The Kier molecular flexibility index (Phi) is 10.4. The van der Waals surface area contributed by atoms with E-state index in [-0.39, 0.29) is 62.3 Å². The number of phosphoric ester groups is 1. The van der Waals surface area contributed by atoms with Gasteiger partial charge < -0.3 is 11.9 Å². The fourth-order valence-corrected chi connectivity index (χ4v) is 5.89. The van der Waals surface area contributed by atoms with Crippen LogP contribution in [0, 0.1) is 10.8 Å². The molecule has 0 radical (unpaired) electrons. The van der Waals surface area contributed by atoms with Crippen molar-refractivity contribution in [3.8, 4) is 11.5 Å². The molecule has 0 saturated carbocycles. The fraction of sp³-hybridized carbons (Fsp3) is 0.571. The molecule has 4 nitrogen and oxygen atoms in total. The van der Waals surface area contributed by atoms with Crippen LogP contribution in [0.15, 0.2) is 48.5 Å². The van der Waals surface area contributed by atoms with Gasteiger partial charge in [-0.1, -0.05) is 93.5 Å². The van der Waals surface area contributed by atoms with E-state index in [0.29, 0.717) is 11.5 Å². The van der Waals surface area contributed by atoms with Gasteiger partial charge in [-0.3, -0.25) is 4.89 Å². The van der Waals surface area contributed by atoms with E-state index in [1.807, 2.05) is 24.3 Å². The van der Waals surface area contributed by atoms with E-state index in [1.165, 1.54) is 0 Å². The Balaban J connectivity index is 0. The van der Waals surface area contributed by atoms with Crippen LogP contribution in [0.5, 0.6) is 11.5 Å². The Morgan fingerprint density at radius 3 is 1.15 bits per heavy atom. The first-order valence-corrected chi connectivity index (χ1v) is 13.2. The van der Waals surface area contributed by atoms with Gasteiger partial charge in [-0.05, 0) is 69.9 Å². The van der Waals surface area contributed by atoms with E-state index >= 15 is 0 Å². The van der Waals surface area contributed by atoms with E-state index in [1.54, 1.807) is 24.3 Å². The first-order valence-electron chi connectivity index (χ1n) is 11.7. The molecule has 0 aliphatic rings. The van der Waals surface area contributed by atoms with Crippen LogP contribution in [0.3, 0.4) is 0 Å². The molecule has 0 atom stereocenters. The maximum Gasteiger partial charge on any atom is 2.00 e. The van der Waals surface area contributed by atoms with Crippen molar-refractivity contribution in [3.05, 3.63) is 59.7 Å². The molecule has 2 aromatic rings. The second kappa shape index (κ2) is 11.3. The van der Waals surface area contributed by atoms with Gasteiger partial charge in [-0.2, -0.15) is 0 Å². The molecule has 0 saturated heterocycles.